The lowest BCUT2D eigenvalue weighted by atomic mass is 9.64. The van der Waals surface area contributed by atoms with Gasteiger partial charge in [0.2, 0.25) is 0 Å². The number of hydrogen-bond acceptors (Lipinski definition) is 2. The van der Waals surface area contributed by atoms with Crippen molar-refractivity contribution in [1.29, 1.82) is 0 Å². The molecule has 1 aliphatic carbocycles. The summed E-state index contributed by atoms with van der Waals surface area (Å²) >= 11 is 0. The first-order valence-corrected chi connectivity index (χ1v) is 5.91. The van der Waals surface area contributed by atoms with E-state index in [-0.39, 0.29) is 5.41 Å². The SMILES string of the molecule is CC(C)C1(O)CCCC12CCOCC2. The van der Waals surface area contributed by atoms with E-state index in [1.807, 2.05) is 0 Å². The molecule has 1 heterocycles. The maximum Gasteiger partial charge on any atom is 0.0728 e. The zero-order valence-electron chi connectivity index (χ0n) is 9.38. The van der Waals surface area contributed by atoms with Crippen LogP contribution in [0, 0.1) is 11.3 Å². The van der Waals surface area contributed by atoms with Gasteiger partial charge in [0.15, 0.2) is 0 Å². The third-order valence-corrected chi connectivity index (χ3v) is 4.54. The molecule has 0 bridgehead atoms. The molecule has 82 valence electrons. The zero-order valence-corrected chi connectivity index (χ0v) is 9.38. The Kier molecular flexibility index (Phi) is 2.61. The largest absolute Gasteiger partial charge is 0.389 e. The molecule has 2 fully saturated rings. The second-order valence-electron chi connectivity index (χ2n) is 5.33. The van der Waals surface area contributed by atoms with E-state index in [1.165, 1.54) is 12.8 Å². The van der Waals surface area contributed by atoms with Crippen LogP contribution >= 0.6 is 0 Å². The van der Waals surface area contributed by atoms with Gasteiger partial charge < -0.3 is 9.84 Å². The normalized spacial score (nSPS) is 36.9. The Morgan fingerprint density at radius 3 is 2.29 bits per heavy atom. The molecule has 1 aliphatic heterocycles. The third-order valence-electron chi connectivity index (χ3n) is 4.54. The van der Waals surface area contributed by atoms with Crippen LogP contribution in [-0.4, -0.2) is 23.9 Å². The van der Waals surface area contributed by atoms with Crippen molar-refractivity contribution >= 4 is 0 Å². The molecule has 0 aromatic rings. The van der Waals surface area contributed by atoms with Crippen LogP contribution in [0.2, 0.25) is 0 Å². The Morgan fingerprint density at radius 1 is 1.07 bits per heavy atom. The van der Waals surface area contributed by atoms with Gasteiger partial charge in [0.05, 0.1) is 5.60 Å². The fraction of sp³-hybridized carbons (Fsp3) is 1.00. The van der Waals surface area contributed by atoms with E-state index in [0.29, 0.717) is 5.92 Å². The maximum atomic E-state index is 10.8. The summed E-state index contributed by atoms with van der Waals surface area (Å²) in [6, 6.07) is 0. The summed E-state index contributed by atoms with van der Waals surface area (Å²) in [5.74, 6) is 0.378. The monoisotopic (exact) mass is 198 g/mol. The highest BCUT2D eigenvalue weighted by atomic mass is 16.5. The van der Waals surface area contributed by atoms with Gasteiger partial charge in [-0.25, -0.2) is 0 Å². The molecule has 1 atom stereocenters. The van der Waals surface area contributed by atoms with Crippen molar-refractivity contribution in [2.45, 2.75) is 51.6 Å². The Morgan fingerprint density at radius 2 is 1.71 bits per heavy atom. The summed E-state index contributed by atoms with van der Waals surface area (Å²) in [5.41, 5.74) is -0.240. The predicted octanol–water partition coefficient (Wildman–Crippen LogP) is 2.35. The van der Waals surface area contributed by atoms with Crippen LogP contribution in [0.3, 0.4) is 0 Å². The first-order valence-electron chi connectivity index (χ1n) is 5.91. The molecule has 2 aliphatic rings. The molecule has 0 amide bonds. The molecule has 14 heavy (non-hydrogen) atoms. The van der Waals surface area contributed by atoms with Gasteiger partial charge in [0.1, 0.15) is 0 Å². The van der Waals surface area contributed by atoms with Crippen LogP contribution in [-0.2, 0) is 4.74 Å². The first kappa shape index (κ1) is 10.4. The topological polar surface area (TPSA) is 29.5 Å². The lowest BCUT2D eigenvalue weighted by Crippen LogP contribution is -2.50. The van der Waals surface area contributed by atoms with Crippen molar-refractivity contribution in [3.63, 3.8) is 0 Å². The lowest BCUT2D eigenvalue weighted by molar-refractivity contribution is -0.138. The molecule has 0 aromatic heterocycles. The van der Waals surface area contributed by atoms with Crippen molar-refractivity contribution < 1.29 is 9.84 Å². The number of ether oxygens (including phenoxy) is 1. The van der Waals surface area contributed by atoms with E-state index < -0.39 is 5.60 Å². The molecule has 1 saturated heterocycles. The lowest BCUT2D eigenvalue weighted by Gasteiger charge is -2.47. The average molecular weight is 198 g/mol. The van der Waals surface area contributed by atoms with Crippen molar-refractivity contribution in [2.24, 2.45) is 11.3 Å². The van der Waals surface area contributed by atoms with E-state index in [9.17, 15) is 5.11 Å². The quantitative estimate of drug-likeness (QED) is 0.701. The van der Waals surface area contributed by atoms with Gasteiger partial charge in [0, 0.05) is 18.6 Å². The van der Waals surface area contributed by atoms with E-state index in [0.717, 1.165) is 32.5 Å². The summed E-state index contributed by atoms with van der Waals surface area (Å²) in [6.45, 7) is 6.00. The number of hydrogen-bond donors (Lipinski definition) is 1. The second-order valence-corrected chi connectivity index (χ2v) is 5.33. The summed E-state index contributed by atoms with van der Waals surface area (Å²) in [6.07, 6.45) is 5.49. The van der Waals surface area contributed by atoms with Crippen molar-refractivity contribution in [3.8, 4) is 0 Å². The summed E-state index contributed by atoms with van der Waals surface area (Å²) in [7, 11) is 0. The molecule has 2 rings (SSSR count). The molecule has 1 unspecified atom stereocenters. The summed E-state index contributed by atoms with van der Waals surface area (Å²) in [4.78, 5) is 0. The van der Waals surface area contributed by atoms with Gasteiger partial charge in [-0.05, 0) is 38.0 Å². The maximum absolute atomic E-state index is 10.8. The van der Waals surface area contributed by atoms with Gasteiger partial charge >= 0.3 is 0 Å². The van der Waals surface area contributed by atoms with Crippen LogP contribution in [0.15, 0.2) is 0 Å². The van der Waals surface area contributed by atoms with Crippen molar-refractivity contribution in [3.05, 3.63) is 0 Å². The Balaban J connectivity index is 2.23. The third kappa shape index (κ3) is 1.31. The Bertz CT molecular complexity index is 206. The van der Waals surface area contributed by atoms with Crippen molar-refractivity contribution in [1.82, 2.24) is 0 Å². The van der Waals surface area contributed by atoms with Crippen LogP contribution < -0.4 is 0 Å². The van der Waals surface area contributed by atoms with Crippen molar-refractivity contribution in [2.75, 3.05) is 13.2 Å². The van der Waals surface area contributed by atoms with Gasteiger partial charge in [-0.1, -0.05) is 13.8 Å². The van der Waals surface area contributed by atoms with E-state index in [1.54, 1.807) is 0 Å². The predicted molar refractivity (Wildman–Crippen MR) is 56.1 cm³/mol. The minimum atomic E-state index is -0.420. The molecule has 0 radical (unpaired) electrons. The molecule has 1 N–H and O–H groups in total. The highest BCUT2D eigenvalue weighted by Crippen LogP contribution is 2.55. The highest BCUT2D eigenvalue weighted by molar-refractivity contribution is 5.05. The van der Waals surface area contributed by atoms with Gasteiger partial charge in [-0.3, -0.25) is 0 Å². The van der Waals surface area contributed by atoms with E-state index in [4.69, 9.17) is 4.74 Å². The molecular formula is C12H22O2. The fourth-order valence-electron chi connectivity index (χ4n) is 3.52. The van der Waals surface area contributed by atoms with Crippen LogP contribution in [0.1, 0.15) is 46.0 Å². The molecule has 2 heteroatoms. The van der Waals surface area contributed by atoms with E-state index >= 15 is 0 Å². The first-order chi connectivity index (χ1) is 6.61. The summed E-state index contributed by atoms with van der Waals surface area (Å²) in [5, 5.41) is 10.8. The Hall–Kier alpha value is -0.0800. The molecule has 1 spiro atoms. The minimum absolute atomic E-state index is 0.180. The van der Waals surface area contributed by atoms with E-state index in [2.05, 4.69) is 13.8 Å². The fourth-order valence-corrected chi connectivity index (χ4v) is 3.52. The van der Waals surface area contributed by atoms with Crippen LogP contribution in [0.4, 0.5) is 0 Å². The van der Waals surface area contributed by atoms with Gasteiger partial charge in [0.25, 0.3) is 0 Å². The minimum Gasteiger partial charge on any atom is -0.389 e. The van der Waals surface area contributed by atoms with Crippen LogP contribution in [0.5, 0.6) is 0 Å². The smallest absolute Gasteiger partial charge is 0.0728 e. The molecule has 0 aromatic carbocycles. The molecule has 1 saturated carbocycles. The number of aliphatic hydroxyl groups is 1. The summed E-state index contributed by atoms with van der Waals surface area (Å²) < 4.78 is 5.42. The molecule has 2 nitrogen and oxygen atoms in total. The second kappa shape index (κ2) is 3.49. The number of rotatable bonds is 1. The van der Waals surface area contributed by atoms with Gasteiger partial charge in [-0.2, -0.15) is 0 Å². The molecular weight excluding hydrogens is 176 g/mol. The standard InChI is InChI=1S/C12H22O2/c1-10(2)12(13)5-3-4-11(12)6-8-14-9-7-11/h10,13H,3-9H2,1-2H3. The Labute approximate surface area is 86.6 Å². The van der Waals surface area contributed by atoms with Crippen LogP contribution in [0.25, 0.3) is 0 Å². The average Bonchev–Trinajstić information content (AvgIpc) is 2.47. The van der Waals surface area contributed by atoms with Gasteiger partial charge in [-0.15, -0.1) is 0 Å². The highest BCUT2D eigenvalue weighted by Gasteiger charge is 2.55. The zero-order chi connectivity index (χ0) is 10.2.